The van der Waals surface area contributed by atoms with Gasteiger partial charge < -0.3 is 14.4 Å². The van der Waals surface area contributed by atoms with Gasteiger partial charge in [0, 0.05) is 25.8 Å². The predicted octanol–water partition coefficient (Wildman–Crippen LogP) is 4.12. The molecule has 4 rings (SSSR count). The molecule has 3 aromatic rings. The van der Waals surface area contributed by atoms with Crippen LogP contribution in [0.3, 0.4) is 0 Å². The molecule has 146 valence electrons. The molecule has 0 spiro atoms. The number of benzene rings is 1. The summed E-state index contributed by atoms with van der Waals surface area (Å²) < 4.78 is 10.8. The van der Waals surface area contributed by atoms with Gasteiger partial charge in [0.2, 0.25) is 0 Å². The van der Waals surface area contributed by atoms with Crippen LogP contribution in [-0.2, 0) is 4.74 Å². The number of fused-ring (bicyclic) bond motifs is 1. The van der Waals surface area contributed by atoms with Crippen molar-refractivity contribution >= 4 is 17.2 Å². The summed E-state index contributed by atoms with van der Waals surface area (Å²) >= 11 is 1.64. The Morgan fingerprint density at radius 3 is 2.75 bits per heavy atom. The summed E-state index contributed by atoms with van der Waals surface area (Å²) in [6.45, 7) is 3.82. The van der Waals surface area contributed by atoms with Gasteiger partial charge in [-0.3, -0.25) is 9.89 Å². The summed E-state index contributed by atoms with van der Waals surface area (Å²) in [7, 11) is 1.68. The second-order valence-corrected chi connectivity index (χ2v) is 7.54. The molecule has 0 radical (unpaired) electrons. The Hall–Kier alpha value is -2.64. The lowest BCUT2D eigenvalue weighted by Gasteiger charge is -2.26. The maximum absolute atomic E-state index is 13.1. The van der Waals surface area contributed by atoms with Crippen LogP contribution in [0.25, 0.3) is 10.6 Å². The summed E-state index contributed by atoms with van der Waals surface area (Å²) in [5, 5.41) is 9.49. The van der Waals surface area contributed by atoms with E-state index in [-0.39, 0.29) is 11.9 Å². The number of amides is 1. The van der Waals surface area contributed by atoms with Gasteiger partial charge in [0.25, 0.3) is 5.91 Å². The van der Waals surface area contributed by atoms with Gasteiger partial charge in [-0.2, -0.15) is 5.10 Å². The maximum Gasteiger partial charge on any atom is 0.275 e. The third-order valence-corrected chi connectivity index (χ3v) is 5.76. The average molecular weight is 398 g/mol. The lowest BCUT2D eigenvalue weighted by Crippen LogP contribution is -2.31. The molecule has 1 aliphatic heterocycles. The number of nitrogens with one attached hydrogen (secondary N) is 1. The van der Waals surface area contributed by atoms with Gasteiger partial charge >= 0.3 is 0 Å². The van der Waals surface area contributed by atoms with Crippen LogP contribution >= 0.6 is 11.3 Å². The molecule has 7 heteroatoms. The second-order valence-electron chi connectivity index (χ2n) is 6.59. The lowest BCUT2D eigenvalue weighted by molar-refractivity contribution is 0.0723. The number of hydrogen-bond donors (Lipinski definition) is 1. The molecule has 1 atom stereocenters. The smallest absolute Gasteiger partial charge is 0.275 e. The molecule has 0 bridgehead atoms. The minimum Gasteiger partial charge on any atom is -0.494 e. The molecule has 1 aliphatic rings. The van der Waals surface area contributed by atoms with Crippen molar-refractivity contribution in [3.05, 3.63) is 58.6 Å². The number of methoxy groups -OCH3 is 1. The van der Waals surface area contributed by atoms with Crippen LogP contribution in [0.1, 0.15) is 41.0 Å². The molecule has 1 unspecified atom stereocenters. The van der Waals surface area contributed by atoms with Crippen LogP contribution in [0.4, 0.5) is 0 Å². The Balaban J connectivity index is 1.75. The largest absolute Gasteiger partial charge is 0.494 e. The highest BCUT2D eigenvalue weighted by atomic mass is 32.1. The van der Waals surface area contributed by atoms with E-state index in [0.717, 1.165) is 33.9 Å². The number of rotatable bonds is 8. The Labute approximate surface area is 168 Å². The molecule has 1 aromatic carbocycles. The number of nitrogens with zero attached hydrogens (tertiary/aromatic N) is 2. The number of ether oxygens (including phenoxy) is 2. The fraction of sp³-hybridized carbons (Fsp3) is 0.333. The fourth-order valence-electron chi connectivity index (χ4n) is 3.67. The molecule has 0 fully saturated rings. The first-order chi connectivity index (χ1) is 13.7. The molecular formula is C21H23N3O3S. The van der Waals surface area contributed by atoms with Crippen LogP contribution in [0.2, 0.25) is 0 Å². The third kappa shape index (κ3) is 3.31. The van der Waals surface area contributed by atoms with Crippen LogP contribution < -0.4 is 4.74 Å². The zero-order valence-corrected chi connectivity index (χ0v) is 16.8. The van der Waals surface area contributed by atoms with Crippen LogP contribution in [0.5, 0.6) is 5.75 Å². The molecule has 6 nitrogen and oxygen atoms in total. The fourth-order valence-corrected chi connectivity index (χ4v) is 4.40. The van der Waals surface area contributed by atoms with E-state index in [1.165, 1.54) is 0 Å². The van der Waals surface area contributed by atoms with Gasteiger partial charge in [0.15, 0.2) is 5.69 Å². The first kappa shape index (κ1) is 18.7. The van der Waals surface area contributed by atoms with E-state index in [0.29, 0.717) is 25.5 Å². The van der Waals surface area contributed by atoms with E-state index in [1.54, 1.807) is 18.4 Å². The minimum atomic E-state index is -0.175. The Morgan fingerprint density at radius 1 is 1.25 bits per heavy atom. The number of thiophene rings is 1. The van der Waals surface area contributed by atoms with Crippen LogP contribution in [0, 0.1) is 0 Å². The lowest BCUT2D eigenvalue weighted by atomic mass is 9.98. The number of aromatic amines is 1. The SMILES string of the molecule is CCOc1ccc(C2c3c(n[nH]c3-c3cccs3)C(=O)N2CCCOC)cc1. The summed E-state index contributed by atoms with van der Waals surface area (Å²) in [5.74, 6) is 0.788. The van der Waals surface area contributed by atoms with Crippen molar-refractivity contribution < 1.29 is 14.3 Å². The zero-order valence-electron chi connectivity index (χ0n) is 16.0. The monoisotopic (exact) mass is 397 g/mol. The number of carbonyl (C=O) groups is 1. The van der Waals surface area contributed by atoms with Crippen molar-refractivity contribution in [1.29, 1.82) is 0 Å². The highest BCUT2D eigenvalue weighted by molar-refractivity contribution is 7.13. The third-order valence-electron chi connectivity index (χ3n) is 4.87. The minimum absolute atomic E-state index is 0.0379. The summed E-state index contributed by atoms with van der Waals surface area (Å²) in [6.07, 6.45) is 0.776. The van der Waals surface area contributed by atoms with Gasteiger partial charge in [0.05, 0.1) is 23.2 Å². The molecular weight excluding hydrogens is 374 g/mol. The van der Waals surface area contributed by atoms with Crippen molar-refractivity contribution in [2.45, 2.75) is 19.4 Å². The number of hydrogen-bond acceptors (Lipinski definition) is 5. The molecule has 28 heavy (non-hydrogen) atoms. The Morgan fingerprint density at radius 2 is 2.07 bits per heavy atom. The first-order valence-corrected chi connectivity index (χ1v) is 10.3. The molecule has 0 saturated carbocycles. The molecule has 3 heterocycles. The number of H-pyrrole nitrogens is 1. The normalized spacial score (nSPS) is 15.9. The van der Waals surface area contributed by atoms with Gasteiger partial charge in [-0.1, -0.05) is 18.2 Å². The van der Waals surface area contributed by atoms with Gasteiger partial charge in [-0.25, -0.2) is 0 Å². The van der Waals surface area contributed by atoms with E-state index in [9.17, 15) is 4.79 Å². The van der Waals surface area contributed by atoms with Crippen LogP contribution in [-0.4, -0.2) is 47.9 Å². The Kier molecular flexibility index (Phi) is 5.45. The van der Waals surface area contributed by atoms with Crippen molar-refractivity contribution in [2.75, 3.05) is 26.9 Å². The molecule has 0 saturated heterocycles. The predicted molar refractivity (Wildman–Crippen MR) is 109 cm³/mol. The molecule has 2 aromatic heterocycles. The van der Waals surface area contributed by atoms with E-state index in [1.807, 2.05) is 53.6 Å². The first-order valence-electron chi connectivity index (χ1n) is 9.39. The van der Waals surface area contributed by atoms with Gasteiger partial charge in [0.1, 0.15) is 5.75 Å². The van der Waals surface area contributed by atoms with Crippen molar-refractivity contribution in [2.24, 2.45) is 0 Å². The molecule has 0 aliphatic carbocycles. The Bertz CT molecular complexity index is 934. The molecule has 1 amide bonds. The van der Waals surface area contributed by atoms with E-state index >= 15 is 0 Å². The van der Waals surface area contributed by atoms with E-state index in [2.05, 4.69) is 10.2 Å². The number of carbonyl (C=O) groups excluding carboxylic acids is 1. The van der Waals surface area contributed by atoms with Gasteiger partial charge in [-0.15, -0.1) is 11.3 Å². The highest BCUT2D eigenvalue weighted by Crippen LogP contribution is 2.43. The standard InChI is InChI=1S/C21H23N3O3S/c1-3-27-15-9-7-14(8-10-15)20-17-18(16-6-4-13-28-16)22-23-19(17)21(25)24(20)11-5-12-26-2/h4,6-10,13,20H,3,5,11-12H2,1-2H3,(H,22,23). The highest BCUT2D eigenvalue weighted by Gasteiger charge is 2.42. The number of aromatic nitrogens is 2. The van der Waals surface area contributed by atoms with Crippen molar-refractivity contribution in [3.63, 3.8) is 0 Å². The topological polar surface area (TPSA) is 67.5 Å². The van der Waals surface area contributed by atoms with Gasteiger partial charge in [-0.05, 0) is 42.5 Å². The van der Waals surface area contributed by atoms with E-state index < -0.39 is 0 Å². The van der Waals surface area contributed by atoms with Crippen LogP contribution in [0.15, 0.2) is 41.8 Å². The average Bonchev–Trinajstić information content (AvgIpc) is 3.42. The van der Waals surface area contributed by atoms with Crippen molar-refractivity contribution in [3.8, 4) is 16.3 Å². The zero-order chi connectivity index (χ0) is 19.5. The summed E-state index contributed by atoms with van der Waals surface area (Å²) in [6, 6.07) is 11.9. The molecule has 1 N–H and O–H groups in total. The maximum atomic E-state index is 13.1. The van der Waals surface area contributed by atoms with Crippen molar-refractivity contribution in [1.82, 2.24) is 15.1 Å². The summed E-state index contributed by atoms with van der Waals surface area (Å²) in [5.41, 5.74) is 3.44. The summed E-state index contributed by atoms with van der Waals surface area (Å²) in [4.78, 5) is 16.1. The second kappa shape index (κ2) is 8.16. The van der Waals surface area contributed by atoms with E-state index in [4.69, 9.17) is 9.47 Å². The quantitative estimate of drug-likeness (QED) is 0.581.